The zero-order chi connectivity index (χ0) is 9.84. The zero-order valence-electron chi connectivity index (χ0n) is 6.69. The van der Waals surface area contributed by atoms with Gasteiger partial charge in [-0.2, -0.15) is 0 Å². The molecule has 0 fully saturated rings. The van der Waals surface area contributed by atoms with Gasteiger partial charge in [-0.1, -0.05) is 6.07 Å². The maximum atomic E-state index is 13.3. The van der Waals surface area contributed by atoms with E-state index in [1.807, 2.05) is 22.6 Å². The molecule has 70 valence electrons. The van der Waals surface area contributed by atoms with Crippen molar-refractivity contribution in [1.82, 2.24) is 0 Å². The molecule has 0 heterocycles. The fourth-order valence-corrected chi connectivity index (χ4v) is 1.61. The van der Waals surface area contributed by atoms with Crippen LogP contribution in [0.15, 0.2) is 18.2 Å². The van der Waals surface area contributed by atoms with E-state index in [4.69, 9.17) is 11.6 Å². The van der Waals surface area contributed by atoms with Crippen molar-refractivity contribution in [3.63, 3.8) is 0 Å². The van der Waals surface area contributed by atoms with E-state index >= 15 is 0 Å². The van der Waals surface area contributed by atoms with Crippen LogP contribution < -0.4 is 0 Å². The number of rotatable bonds is 3. The van der Waals surface area contributed by atoms with Crippen molar-refractivity contribution < 1.29 is 9.18 Å². The predicted molar refractivity (Wildman–Crippen MR) is 58.8 cm³/mol. The van der Waals surface area contributed by atoms with Crippen molar-refractivity contribution in [1.29, 1.82) is 0 Å². The van der Waals surface area contributed by atoms with Gasteiger partial charge in [-0.25, -0.2) is 4.39 Å². The largest absolute Gasteiger partial charge is 0.294 e. The van der Waals surface area contributed by atoms with E-state index in [0.29, 0.717) is 3.57 Å². The van der Waals surface area contributed by atoms with Gasteiger partial charge >= 0.3 is 0 Å². The second kappa shape index (κ2) is 4.91. The minimum Gasteiger partial charge on any atom is -0.294 e. The lowest BCUT2D eigenvalue weighted by atomic mass is 10.1. The molecule has 4 heteroatoms. The van der Waals surface area contributed by atoms with Crippen LogP contribution in [0, 0.1) is 9.39 Å². The highest BCUT2D eigenvalue weighted by atomic mass is 127. The number of halogens is 3. The second-order valence-corrected chi connectivity index (χ2v) is 4.00. The number of carbonyl (C=O) groups excluding carboxylic acids is 1. The summed E-state index contributed by atoms with van der Waals surface area (Å²) in [6.45, 7) is 0. The SMILES string of the molecule is O=C(CCCl)c1cccc(I)c1F. The minimum absolute atomic E-state index is 0.132. The third-order valence-electron chi connectivity index (χ3n) is 1.57. The lowest BCUT2D eigenvalue weighted by Crippen LogP contribution is -2.04. The Morgan fingerprint density at radius 1 is 1.54 bits per heavy atom. The number of Topliss-reactive ketones (excluding diaryl/α,β-unsaturated/α-hetero) is 1. The van der Waals surface area contributed by atoms with Gasteiger partial charge in [-0.15, -0.1) is 11.6 Å². The van der Waals surface area contributed by atoms with Crippen LogP contribution in [-0.4, -0.2) is 11.7 Å². The molecular formula is C9H7ClFIO. The topological polar surface area (TPSA) is 17.1 Å². The standard InChI is InChI=1S/C9H7ClFIO/c10-5-4-8(13)6-2-1-3-7(12)9(6)11/h1-3H,4-5H2. The fourth-order valence-electron chi connectivity index (χ4n) is 0.940. The number of hydrogen-bond donors (Lipinski definition) is 0. The van der Waals surface area contributed by atoms with Gasteiger partial charge in [-0.3, -0.25) is 4.79 Å². The Balaban J connectivity index is 3.01. The normalized spacial score (nSPS) is 10.1. The summed E-state index contributed by atoms with van der Waals surface area (Å²) in [6, 6.07) is 4.76. The monoisotopic (exact) mass is 312 g/mol. The first-order valence-electron chi connectivity index (χ1n) is 3.70. The summed E-state index contributed by atoms with van der Waals surface area (Å²) < 4.78 is 13.8. The maximum Gasteiger partial charge on any atom is 0.167 e. The Bertz CT molecular complexity index is 327. The number of ketones is 1. The molecule has 0 bridgehead atoms. The third-order valence-corrected chi connectivity index (χ3v) is 2.60. The van der Waals surface area contributed by atoms with Crippen molar-refractivity contribution in [3.8, 4) is 0 Å². The fraction of sp³-hybridized carbons (Fsp3) is 0.222. The van der Waals surface area contributed by atoms with Gasteiger partial charge < -0.3 is 0 Å². The molecule has 0 saturated heterocycles. The summed E-state index contributed by atoms with van der Waals surface area (Å²) in [5, 5.41) is 0. The average Bonchev–Trinajstić information content (AvgIpc) is 2.10. The first-order chi connectivity index (χ1) is 6.16. The molecule has 1 rings (SSSR count). The van der Waals surface area contributed by atoms with Crippen LogP contribution in [-0.2, 0) is 0 Å². The smallest absolute Gasteiger partial charge is 0.167 e. The summed E-state index contributed by atoms with van der Waals surface area (Å²) >= 11 is 7.24. The van der Waals surface area contributed by atoms with Crippen molar-refractivity contribution in [2.24, 2.45) is 0 Å². The highest BCUT2D eigenvalue weighted by molar-refractivity contribution is 14.1. The van der Waals surface area contributed by atoms with E-state index in [0.717, 1.165) is 0 Å². The lowest BCUT2D eigenvalue weighted by molar-refractivity contribution is 0.0985. The maximum absolute atomic E-state index is 13.3. The molecule has 0 radical (unpaired) electrons. The molecular weight excluding hydrogens is 305 g/mol. The summed E-state index contributed by atoms with van der Waals surface area (Å²) in [6.07, 6.45) is 0.179. The predicted octanol–water partition coefficient (Wildman–Crippen LogP) is 3.24. The molecule has 0 aliphatic heterocycles. The molecule has 0 atom stereocenters. The van der Waals surface area contributed by atoms with E-state index in [9.17, 15) is 9.18 Å². The Hall–Kier alpha value is -0.160. The van der Waals surface area contributed by atoms with Crippen LogP contribution >= 0.6 is 34.2 Å². The Morgan fingerprint density at radius 2 is 2.23 bits per heavy atom. The van der Waals surface area contributed by atoms with Gasteiger partial charge in [0.2, 0.25) is 0 Å². The molecule has 1 nitrogen and oxygen atoms in total. The molecule has 0 spiro atoms. The molecule has 0 saturated carbocycles. The van der Waals surface area contributed by atoms with Crippen LogP contribution in [0.1, 0.15) is 16.8 Å². The van der Waals surface area contributed by atoms with Crippen LogP contribution in [0.25, 0.3) is 0 Å². The molecule has 0 aliphatic rings. The molecule has 1 aromatic carbocycles. The zero-order valence-corrected chi connectivity index (χ0v) is 9.60. The van der Waals surface area contributed by atoms with Crippen LogP contribution in [0.4, 0.5) is 4.39 Å². The van der Waals surface area contributed by atoms with Crippen molar-refractivity contribution in [2.75, 3.05) is 5.88 Å². The van der Waals surface area contributed by atoms with Crippen molar-refractivity contribution in [3.05, 3.63) is 33.1 Å². The molecule has 1 aromatic rings. The highest BCUT2D eigenvalue weighted by Gasteiger charge is 2.12. The first-order valence-corrected chi connectivity index (χ1v) is 5.31. The average molecular weight is 313 g/mol. The Morgan fingerprint density at radius 3 is 2.85 bits per heavy atom. The van der Waals surface area contributed by atoms with Gasteiger partial charge in [0.15, 0.2) is 5.78 Å². The van der Waals surface area contributed by atoms with Crippen LogP contribution in [0.5, 0.6) is 0 Å². The molecule has 0 N–H and O–H groups in total. The van der Waals surface area contributed by atoms with Gasteiger partial charge in [0.1, 0.15) is 5.82 Å². The van der Waals surface area contributed by atoms with Crippen LogP contribution in [0.2, 0.25) is 0 Å². The highest BCUT2D eigenvalue weighted by Crippen LogP contribution is 2.16. The Kier molecular flexibility index (Phi) is 4.12. The first kappa shape index (κ1) is 10.9. The molecule has 0 aromatic heterocycles. The molecule has 0 aliphatic carbocycles. The van der Waals surface area contributed by atoms with E-state index in [-0.39, 0.29) is 23.6 Å². The minimum atomic E-state index is -0.446. The third kappa shape index (κ3) is 2.64. The number of carbonyl (C=O) groups is 1. The van der Waals surface area contributed by atoms with Gasteiger partial charge in [0.25, 0.3) is 0 Å². The van der Waals surface area contributed by atoms with Gasteiger partial charge in [0.05, 0.1) is 5.56 Å². The summed E-state index contributed by atoms with van der Waals surface area (Å²) in [4.78, 5) is 11.3. The summed E-state index contributed by atoms with van der Waals surface area (Å²) in [5.74, 6) is -0.465. The number of hydrogen-bond acceptors (Lipinski definition) is 1. The molecule has 0 unspecified atom stereocenters. The van der Waals surface area contributed by atoms with E-state index < -0.39 is 5.82 Å². The van der Waals surface area contributed by atoms with E-state index in [2.05, 4.69) is 0 Å². The molecule has 13 heavy (non-hydrogen) atoms. The van der Waals surface area contributed by atoms with E-state index in [1.165, 1.54) is 6.07 Å². The summed E-state index contributed by atoms with van der Waals surface area (Å²) in [5.41, 5.74) is 0.132. The summed E-state index contributed by atoms with van der Waals surface area (Å²) in [7, 11) is 0. The number of benzene rings is 1. The van der Waals surface area contributed by atoms with Crippen molar-refractivity contribution in [2.45, 2.75) is 6.42 Å². The van der Waals surface area contributed by atoms with E-state index in [1.54, 1.807) is 12.1 Å². The van der Waals surface area contributed by atoms with Crippen LogP contribution in [0.3, 0.4) is 0 Å². The second-order valence-electron chi connectivity index (χ2n) is 2.46. The number of alkyl halides is 1. The quantitative estimate of drug-likeness (QED) is 0.476. The van der Waals surface area contributed by atoms with Crippen molar-refractivity contribution >= 4 is 40.0 Å². The van der Waals surface area contributed by atoms with Gasteiger partial charge in [-0.05, 0) is 34.7 Å². The lowest BCUT2D eigenvalue weighted by Gasteiger charge is -2.01. The Labute approximate surface area is 94.4 Å². The van der Waals surface area contributed by atoms with Gasteiger partial charge in [0, 0.05) is 15.9 Å². The molecule has 0 amide bonds.